The molecule has 0 bridgehead atoms. The molecule has 17 heavy (non-hydrogen) atoms. The Morgan fingerprint density at radius 2 is 2.29 bits per heavy atom. The van der Waals surface area contributed by atoms with Gasteiger partial charge in [0, 0.05) is 25.2 Å². The summed E-state index contributed by atoms with van der Waals surface area (Å²) < 4.78 is 0. The zero-order valence-electron chi connectivity index (χ0n) is 10.3. The largest absolute Gasteiger partial charge is 0.340 e. The quantitative estimate of drug-likeness (QED) is 0.884. The number of thioether (sulfide) groups is 1. The van der Waals surface area contributed by atoms with Crippen molar-refractivity contribution in [3.8, 4) is 0 Å². The lowest BCUT2D eigenvalue weighted by Gasteiger charge is -2.21. The molecular formula is C13H18N2OS. The number of nitrogens with one attached hydrogen (secondary N) is 1. The maximum absolute atomic E-state index is 12.1. The third kappa shape index (κ3) is 3.01. The molecule has 1 atom stereocenters. The summed E-state index contributed by atoms with van der Waals surface area (Å²) in [6.45, 7) is 2.77. The predicted octanol–water partition coefficient (Wildman–Crippen LogP) is 1.62. The molecular weight excluding hydrogens is 232 g/mol. The van der Waals surface area contributed by atoms with Gasteiger partial charge in [-0.15, -0.1) is 11.8 Å². The van der Waals surface area contributed by atoms with Crippen molar-refractivity contribution in [1.29, 1.82) is 0 Å². The van der Waals surface area contributed by atoms with Crippen LogP contribution in [0, 0.1) is 6.92 Å². The van der Waals surface area contributed by atoms with Gasteiger partial charge in [-0.25, -0.2) is 0 Å². The van der Waals surface area contributed by atoms with Crippen molar-refractivity contribution in [2.45, 2.75) is 19.5 Å². The first kappa shape index (κ1) is 12.5. The summed E-state index contributed by atoms with van der Waals surface area (Å²) in [6, 6.07) is 8.20. The van der Waals surface area contributed by atoms with Gasteiger partial charge in [0.2, 0.25) is 5.91 Å². The Hall–Kier alpha value is -1.000. The highest BCUT2D eigenvalue weighted by Gasteiger charge is 2.25. The lowest BCUT2D eigenvalue weighted by molar-refractivity contribution is -0.131. The van der Waals surface area contributed by atoms with E-state index in [1.54, 1.807) is 11.8 Å². The fraction of sp³-hybridized carbons (Fsp3) is 0.462. The molecule has 0 aromatic heterocycles. The Bertz CT molecular complexity index is 402. The molecule has 1 aliphatic rings. The van der Waals surface area contributed by atoms with Crippen molar-refractivity contribution >= 4 is 17.7 Å². The number of carbonyl (C=O) groups excluding carboxylic acids is 1. The minimum absolute atomic E-state index is 0.00554. The van der Waals surface area contributed by atoms with Gasteiger partial charge in [-0.05, 0) is 18.1 Å². The number of likely N-dealkylation sites (N-methyl/N-ethyl adjacent to an activating group) is 1. The molecule has 0 aliphatic carbocycles. The van der Waals surface area contributed by atoms with Crippen molar-refractivity contribution in [3.63, 3.8) is 0 Å². The van der Waals surface area contributed by atoms with E-state index in [0.717, 1.165) is 11.6 Å². The molecule has 1 N–H and O–H groups in total. The fourth-order valence-electron chi connectivity index (χ4n) is 1.94. The molecule has 1 aromatic rings. The molecule has 92 valence electrons. The van der Waals surface area contributed by atoms with Crippen molar-refractivity contribution < 1.29 is 4.79 Å². The van der Waals surface area contributed by atoms with Gasteiger partial charge in [-0.3, -0.25) is 10.1 Å². The average Bonchev–Trinajstić information content (AvgIpc) is 2.84. The molecule has 1 amide bonds. The molecule has 1 aromatic carbocycles. The van der Waals surface area contributed by atoms with Gasteiger partial charge >= 0.3 is 0 Å². The van der Waals surface area contributed by atoms with Crippen LogP contribution in [0.2, 0.25) is 0 Å². The van der Waals surface area contributed by atoms with E-state index < -0.39 is 0 Å². The predicted molar refractivity (Wildman–Crippen MR) is 71.9 cm³/mol. The van der Waals surface area contributed by atoms with Gasteiger partial charge < -0.3 is 4.90 Å². The second kappa shape index (κ2) is 5.56. The molecule has 2 rings (SSSR count). The van der Waals surface area contributed by atoms with Crippen LogP contribution < -0.4 is 5.32 Å². The zero-order valence-corrected chi connectivity index (χ0v) is 11.1. The Balaban J connectivity index is 1.99. The highest BCUT2D eigenvalue weighted by molar-refractivity contribution is 7.99. The summed E-state index contributed by atoms with van der Waals surface area (Å²) in [5.74, 6) is 1.96. The topological polar surface area (TPSA) is 32.3 Å². The summed E-state index contributed by atoms with van der Waals surface area (Å²) in [7, 11) is 1.87. The van der Waals surface area contributed by atoms with Gasteiger partial charge in [-0.1, -0.05) is 24.3 Å². The first-order valence-corrected chi connectivity index (χ1v) is 6.94. The lowest BCUT2D eigenvalue weighted by Crippen LogP contribution is -2.42. The standard InChI is InChI=1S/C13H18N2OS/c1-10-5-3-4-6-11(10)7-15(2)13(16)12-8-17-9-14-12/h3-6,12,14H,7-9H2,1-2H3. The minimum Gasteiger partial charge on any atom is -0.340 e. The number of nitrogens with zero attached hydrogens (tertiary/aromatic N) is 1. The van der Waals surface area contributed by atoms with E-state index in [-0.39, 0.29) is 11.9 Å². The third-order valence-electron chi connectivity index (χ3n) is 3.06. The summed E-state index contributed by atoms with van der Waals surface area (Å²) in [5, 5.41) is 3.21. The highest BCUT2D eigenvalue weighted by atomic mass is 32.2. The van der Waals surface area contributed by atoms with Crippen LogP contribution in [0.1, 0.15) is 11.1 Å². The van der Waals surface area contributed by atoms with E-state index in [4.69, 9.17) is 0 Å². The average molecular weight is 250 g/mol. The normalized spacial score (nSPS) is 19.3. The smallest absolute Gasteiger partial charge is 0.240 e. The number of rotatable bonds is 3. The van der Waals surface area contributed by atoms with Crippen LogP contribution >= 0.6 is 11.8 Å². The molecule has 1 fully saturated rings. The Morgan fingerprint density at radius 3 is 2.94 bits per heavy atom. The van der Waals surface area contributed by atoms with Crippen LogP contribution in [-0.4, -0.2) is 35.5 Å². The molecule has 0 spiro atoms. The second-order valence-electron chi connectivity index (χ2n) is 4.39. The Labute approximate surface area is 107 Å². The summed E-state index contributed by atoms with van der Waals surface area (Å²) in [6.07, 6.45) is 0. The maximum Gasteiger partial charge on any atom is 0.240 e. The third-order valence-corrected chi connectivity index (χ3v) is 4.00. The minimum atomic E-state index is -0.00554. The van der Waals surface area contributed by atoms with E-state index in [0.29, 0.717) is 6.54 Å². The van der Waals surface area contributed by atoms with Crippen molar-refractivity contribution in [2.24, 2.45) is 0 Å². The van der Waals surface area contributed by atoms with Crippen LogP contribution in [0.15, 0.2) is 24.3 Å². The molecule has 1 saturated heterocycles. The molecule has 3 nitrogen and oxygen atoms in total. The van der Waals surface area contributed by atoms with Crippen LogP contribution in [0.5, 0.6) is 0 Å². The zero-order chi connectivity index (χ0) is 12.3. The molecule has 0 saturated carbocycles. The van der Waals surface area contributed by atoms with Gasteiger partial charge in [0.1, 0.15) is 0 Å². The highest BCUT2D eigenvalue weighted by Crippen LogP contribution is 2.14. The van der Waals surface area contributed by atoms with Crippen molar-refractivity contribution in [1.82, 2.24) is 10.2 Å². The van der Waals surface area contributed by atoms with Gasteiger partial charge in [0.15, 0.2) is 0 Å². The molecule has 4 heteroatoms. The van der Waals surface area contributed by atoms with Crippen LogP contribution in [0.3, 0.4) is 0 Å². The number of amides is 1. The number of carbonyl (C=O) groups is 1. The summed E-state index contributed by atoms with van der Waals surface area (Å²) in [4.78, 5) is 13.9. The second-order valence-corrected chi connectivity index (χ2v) is 5.42. The van der Waals surface area contributed by atoms with Crippen LogP contribution in [0.25, 0.3) is 0 Å². The molecule has 1 heterocycles. The first-order chi connectivity index (χ1) is 8.18. The fourth-order valence-corrected chi connectivity index (χ4v) is 2.87. The molecule has 0 radical (unpaired) electrons. The maximum atomic E-state index is 12.1. The Morgan fingerprint density at radius 1 is 1.53 bits per heavy atom. The Kier molecular flexibility index (Phi) is 4.07. The lowest BCUT2D eigenvalue weighted by atomic mass is 10.1. The SMILES string of the molecule is Cc1ccccc1CN(C)C(=O)C1CSCN1. The number of benzene rings is 1. The summed E-state index contributed by atoms with van der Waals surface area (Å²) >= 11 is 1.78. The van der Waals surface area contributed by atoms with Crippen molar-refractivity contribution in [3.05, 3.63) is 35.4 Å². The molecule has 1 unspecified atom stereocenters. The van der Waals surface area contributed by atoms with Gasteiger partial charge in [-0.2, -0.15) is 0 Å². The summed E-state index contributed by atoms with van der Waals surface area (Å²) in [5.41, 5.74) is 2.45. The van der Waals surface area contributed by atoms with Gasteiger partial charge in [0.25, 0.3) is 0 Å². The van der Waals surface area contributed by atoms with E-state index in [1.807, 2.05) is 24.1 Å². The number of aryl methyl sites for hydroxylation is 1. The van der Waals surface area contributed by atoms with Gasteiger partial charge in [0.05, 0.1) is 6.04 Å². The number of hydrogen-bond donors (Lipinski definition) is 1. The van der Waals surface area contributed by atoms with E-state index >= 15 is 0 Å². The van der Waals surface area contributed by atoms with E-state index in [2.05, 4.69) is 24.4 Å². The monoisotopic (exact) mass is 250 g/mol. The van der Waals surface area contributed by atoms with Crippen LogP contribution in [-0.2, 0) is 11.3 Å². The molecule has 1 aliphatic heterocycles. The van der Waals surface area contributed by atoms with E-state index in [1.165, 1.54) is 11.1 Å². The first-order valence-electron chi connectivity index (χ1n) is 5.79. The number of hydrogen-bond acceptors (Lipinski definition) is 3. The van der Waals surface area contributed by atoms with Crippen molar-refractivity contribution in [2.75, 3.05) is 18.7 Å². The van der Waals surface area contributed by atoms with E-state index in [9.17, 15) is 4.79 Å². The van der Waals surface area contributed by atoms with Crippen LogP contribution in [0.4, 0.5) is 0 Å².